The zero-order valence-electron chi connectivity index (χ0n) is 18.3. The Morgan fingerprint density at radius 3 is 1.19 bits per heavy atom. The summed E-state index contributed by atoms with van der Waals surface area (Å²) in [4.78, 5) is 0. The summed E-state index contributed by atoms with van der Waals surface area (Å²) in [6.45, 7) is 19.2. The monoisotopic (exact) mass is 386 g/mol. The second-order valence-corrected chi connectivity index (χ2v) is 13.3. The number of aromatic hydroxyl groups is 2. The van der Waals surface area contributed by atoms with Crippen LogP contribution in [0.3, 0.4) is 0 Å². The highest BCUT2D eigenvalue weighted by Crippen LogP contribution is 2.53. The molecule has 2 aromatic rings. The van der Waals surface area contributed by atoms with Gasteiger partial charge in [0.15, 0.2) is 0 Å². The Kier molecular flexibility index (Phi) is 5.75. The van der Waals surface area contributed by atoms with Crippen molar-refractivity contribution in [2.75, 3.05) is 0 Å². The average molecular weight is 387 g/mol. The van der Waals surface area contributed by atoms with Gasteiger partial charge in [-0.3, -0.25) is 0 Å². The lowest BCUT2D eigenvalue weighted by molar-refractivity contribution is 0.450. The Hall–Kier alpha value is -1.53. The van der Waals surface area contributed by atoms with Crippen LogP contribution in [-0.4, -0.2) is 15.4 Å². The lowest BCUT2D eigenvalue weighted by atomic mass is 9.86. The predicted octanol–water partition coefficient (Wildman–Crippen LogP) is 5.92. The summed E-state index contributed by atoms with van der Waals surface area (Å²) in [6.07, 6.45) is 0. The van der Waals surface area contributed by atoms with E-state index in [0.29, 0.717) is 11.5 Å². The minimum atomic E-state index is -0.960. The van der Waals surface area contributed by atoms with Crippen LogP contribution in [0.4, 0.5) is 0 Å². The van der Waals surface area contributed by atoms with Gasteiger partial charge in [-0.1, -0.05) is 98.7 Å². The lowest BCUT2D eigenvalue weighted by Crippen LogP contribution is -2.29. The molecule has 0 bridgehead atoms. The number of hydrogen-bond donors (Lipinski definition) is 2. The minimum Gasteiger partial charge on any atom is -0.507 e. The molecule has 0 atom stereocenters. The van der Waals surface area contributed by atoms with E-state index in [1.54, 1.807) is 0 Å². The van der Waals surface area contributed by atoms with E-state index in [4.69, 9.17) is 0 Å². The summed E-state index contributed by atoms with van der Waals surface area (Å²) in [6, 6.07) is 12.1. The summed E-state index contributed by atoms with van der Waals surface area (Å²) in [5.41, 5.74) is 1.61. The van der Waals surface area contributed by atoms with Gasteiger partial charge >= 0.3 is 0 Å². The fraction of sp³-hybridized carbons (Fsp3) is 0.500. The van der Waals surface area contributed by atoms with E-state index in [-0.39, 0.29) is 16.0 Å². The van der Waals surface area contributed by atoms with Crippen molar-refractivity contribution in [3.63, 3.8) is 0 Å². The first-order chi connectivity index (χ1) is 12.2. The normalized spacial score (nSPS) is 13.3. The van der Waals surface area contributed by atoms with Crippen molar-refractivity contribution in [3.8, 4) is 11.5 Å². The van der Waals surface area contributed by atoms with E-state index in [0.717, 1.165) is 21.7 Å². The van der Waals surface area contributed by atoms with Crippen LogP contribution in [0, 0.1) is 0 Å². The fourth-order valence-electron chi connectivity index (χ4n) is 3.49. The third-order valence-corrected chi connectivity index (χ3v) is 7.83. The van der Waals surface area contributed by atoms with Gasteiger partial charge in [0, 0.05) is 10.6 Å². The summed E-state index contributed by atoms with van der Waals surface area (Å²) in [7, 11) is -0.960. The SMILES string of the molecule is CC(C)(C)c1cccc(P(c2cccc(C(C)(C)C)c2O)C(C)(C)C)c1O. The lowest BCUT2D eigenvalue weighted by Gasteiger charge is -2.35. The molecule has 0 saturated carbocycles. The van der Waals surface area contributed by atoms with Gasteiger partial charge in [-0.05, 0) is 35.0 Å². The molecule has 0 aliphatic carbocycles. The molecule has 2 nitrogen and oxygen atoms in total. The third kappa shape index (κ3) is 4.49. The van der Waals surface area contributed by atoms with Crippen molar-refractivity contribution in [2.45, 2.75) is 78.3 Å². The molecule has 0 aliphatic heterocycles. The van der Waals surface area contributed by atoms with Gasteiger partial charge in [0.2, 0.25) is 0 Å². The zero-order valence-corrected chi connectivity index (χ0v) is 19.2. The fourth-order valence-corrected chi connectivity index (χ4v) is 6.33. The van der Waals surface area contributed by atoms with E-state index in [2.05, 4.69) is 62.3 Å². The van der Waals surface area contributed by atoms with Gasteiger partial charge in [0.25, 0.3) is 0 Å². The maximum atomic E-state index is 11.2. The Morgan fingerprint density at radius 1 is 0.593 bits per heavy atom. The van der Waals surface area contributed by atoms with Crippen LogP contribution in [0.5, 0.6) is 11.5 Å². The summed E-state index contributed by atoms with van der Waals surface area (Å²) in [5, 5.41) is 24.1. The predicted molar refractivity (Wildman–Crippen MR) is 120 cm³/mol. The number of phenolic OH excluding ortho intramolecular Hbond substituents is 2. The van der Waals surface area contributed by atoms with E-state index in [1.807, 2.05) is 36.4 Å². The first-order valence-electron chi connectivity index (χ1n) is 9.61. The molecule has 148 valence electrons. The summed E-state index contributed by atoms with van der Waals surface area (Å²) in [5.74, 6) is 0.734. The van der Waals surface area contributed by atoms with Gasteiger partial charge in [-0.2, -0.15) is 0 Å². The largest absolute Gasteiger partial charge is 0.507 e. The number of rotatable bonds is 2. The highest BCUT2D eigenvalue weighted by molar-refractivity contribution is 7.74. The Balaban J connectivity index is 2.79. The Bertz CT molecular complexity index is 754. The highest BCUT2D eigenvalue weighted by Gasteiger charge is 2.34. The summed E-state index contributed by atoms with van der Waals surface area (Å²) >= 11 is 0. The smallest absolute Gasteiger partial charge is 0.127 e. The van der Waals surface area contributed by atoms with Crippen LogP contribution >= 0.6 is 7.92 Å². The standard InChI is InChI=1S/C24H35O2P/c1-22(2,3)16-12-10-14-18(20(16)25)27(24(7,8)9)19-15-11-13-17(21(19)26)23(4,5)6/h10-15,25-26H,1-9H3. The van der Waals surface area contributed by atoms with Crippen molar-refractivity contribution in [1.29, 1.82) is 0 Å². The molecule has 2 rings (SSSR count). The molecule has 2 N–H and O–H groups in total. The van der Waals surface area contributed by atoms with E-state index >= 15 is 0 Å². The molecule has 0 radical (unpaired) electrons. The Morgan fingerprint density at radius 2 is 0.926 bits per heavy atom. The number of phenols is 2. The van der Waals surface area contributed by atoms with Crippen molar-refractivity contribution in [2.24, 2.45) is 0 Å². The van der Waals surface area contributed by atoms with Crippen molar-refractivity contribution >= 4 is 18.5 Å². The van der Waals surface area contributed by atoms with Gasteiger partial charge < -0.3 is 10.2 Å². The molecular formula is C24H35O2P. The van der Waals surface area contributed by atoms with Gasteiger partial charge in [0.05, 0.1) is 0 Å². The molecule has 0 aliphatic rings. The summed E-state index contributed by atoms with van der Waals surface area (Å²) < 4.78 is 0. The third-order valence-electron chi connectivity index (χ3n) is 4.80. The van der Waals surface area contributed by atoms with Crippen LogP contribution in [0.2, 0.25) is 0 Å². The molecule has 0 amide bonds. The van der Waals surface area contributed by atoms with Crippen LogP contribution in [0.25, 0.3) is 0 Å². The molecule has 0 aromatic heterocycles. The maximum Gasteiger partial charge on any atom is 0.127 e. The molecular weight excluding hydrogens is 351 g/mol. The van der Waals surface area contributed by atoms with Crippen molar-refractivity contribution in [1.82, 2.24) is 0 Å². The second-order valence-electron chi connectivity index (χ2n) is 10.4. The second kappa shape index (κ2) is 7.13. The van der Waals surface area contributed by atoms with Crippen LogP contribution in [0.1, 0.15) is 73.4 Å². The zero-order chi connectivity index (χ0) is 20.8. The van der Waals surface area contributed by atoms with E-state index < -0.39 is 7.92 Å². The topological polar surface area (TPSA) is 40.5 Å². The first kappa shape index (κ1) is 21.8. The van der Waals surface area contributed by atoms with Gasteiger partial charge in [0.1, 0.15) is 11.5 Å². The van der Waals surface area contributed by atoms with E-state index in [9.17, 15) is 10.2 Å². The molecule has 0 heterocycles. The quantitative estimate of drug-likeness (QED) is 0.629. The molecule has 0 spiro atoms. The molecule has 27 heavy (non-hydrogen) atoms. The maximum absolute atomic E-state index is 11.2. The van der Waals surface area contributed by atoms with Crippen molar-refractivity contribution < 1.29 is 10.2 Å². The number of hydrogen-bond acceptors (Lipinski definition) is 2. The number of para-hydroxylation sites is 2. The molecule has 3 heteroatoms. The van der Waals surface area contributed by atoms with Gasteiger partial charge in [-0.25, -0.2) is 0 Å². The van der Waals surface area contributed by atoms with Crippen LogP contribution < -0.4 is 10.6 Å². The van der Waals surface area contributed by atoms with E-state index in [1.165, 1.54) is 0 Å². The molecule has 0 fully saturated rings. The molecule has 2 aromatic carbocycles. The van der Waals surface area contributed by atoms with Gasteiger partial charge in [-0.15, -0.1) is 0 Å². The number of benzene rings is 2. The van der Waals surface area contributed by atoms with Crippen molar-refractivity contribution in [3.05, 3.63) is 47.5 Å². The Labute approximate surface area is 166 Å². The minimum absolute atomic E-state index is 0.114. The first-order valence-corrected chi connectivity index (χ1v) is 10.9. The van der Waals surface area contributed by atoms with Crippen LogP contribution in [-0.2, 0) is 10.8 Å². The molecule has 0 saturated heterocycles. The highest BCUT2D eigenvalue weighted by atomic mass is 31.1. The van der Waals surface area contributed by atoms with Crippen LogP contribution in [0.15, 0.2) is 36.4 Å². The average Bonchev–Trinajstić information content (AvgIpc) is 2.47. The molecule has 0 unspecified atom stereocenters.